The van der Waals surface area contributed by atoms with Crippen molar-refractivity contribution in [3.8, 4) is 0 Å². The minimum atomic E-state index is 0.512. The molecule has 0 spiro atoms. The van der Waals surface area contributed by atoms with E-state index in [2.05, 4.69) is 6.58 Å². The molecule has 1 aromatic rings. The molecule has 0 unspecified atom stereocenters. The molecule has 0 saturated carbocycles. The summed E-state index contributed by atoms with van der Waals surface area (Å²) in [6, 6.07) is 10.1. The maximum absolute atomic E-state index is 5.68. The second-order valence-corrected chi connectivity index (χ2v) is 2.73. The van der Waals surface area contributed by atoms with E-state index in [1.54, 1.807) is 6.08 Å². The lowest BCUT2D eigenvalue weighted by Crippen LogP contribution is -1.78. The minimum Gasteiger partial charge on any atom is -0.122 e. The van der Waals surface area contributed by atoms with E-state index < -0.39 is 0 Å². The predicted molar refractivity (Wildman–Crippen MR) is 55.3 cm³/mol. The molecule has 0 amide bonds. The van der Waals surface area contributed by atoms with Crippen LogP contribution in [-0.4, -0.2) is 5.88 Å². The number of halogens is 1. The fourth-order valence-corrected chi connectivity index (χ4v) is 1.10. The second-order valence-electron chi connectivity index (χ2n) is 2.47. The number of alkyl halides is 1. The van der Waals surface area contributed by atoms with Crippen molar-refractivity contribution in [1.82, 2.24) is 0 Å². The van der Waals surface area contributed by atoms with Gasteiger partial charge in [0.1, 0.15) is 0 Å². The van der Waals surface area contributed by atoms with Crippen LogP contribution in [0.25, 0.3) is 6.08 Å². The van der Waals surface area contributed by atoms with E-state index in [1.165, 1.54) is 0 Å². The third-order valence-electron chi connectivity index (χ3n) is 1.57. The van der Waals surface area contributed by atoms with Crippen molar-refractivity contribution in [2.45, 2.75) is 0 Å². The first-order valence-electron chi connectivity index (χ1n) is 3.81. The Morgan fingerprint density at radius 1 is 1.33 bits per heavy atom. The van der Waals surface area contributed by atoms with Crippen LogP contribution in [0.4, 0.5) is 0 Å². The normalized spacial score (nSPS) is 11.2. The molecule has 0 aliphatic carbocycles. The molecule has 1 rings (SSSR count). The van der Waals surface area contributed by atoms with Crippen molar-refractivity contribution in [2.75, 3.05) is 5.88 Å². The molecular weight excluding hydrogens is 168 g/mol. The topological polar surface area (TPSA) is 0 Å². The summed E-state index contributed by atoms with van der Waals surface area (Å²) < 4.78 is 0. The predicted octanol–water partition coefficient (Wildman–Crippen LogP) is 3.49. The number of benzene rings is 1. The Kier molecular flexibility index (Phi) is 3.62. The zero-order valence-electron chi connectivity index (χ0n) is 6.83. The van der Waals surface area contributed by atoms with E-state index in [-0.39, 0.29) is 0 Å². The molecule has 1 heteroatoms. The van der Waals surface area contributed by atoms with Crippen molar-refractivity contribution in [3.05, 3.63) is 54.1 Å². The smallest absolute Gasteiger partial charge is 0.0474 e. The van der Waals surface area contributed by atoms with Crippen molar-refractivity contribution in [2.24, 2.45) is 0 Å². The molecule has 0 nitrogen and oxygen atoms in total. The van der Waals surface area contributed by atoms with E-state index in [1.807, 2.05) is 36.4 Å². The zero-order valence-corrected chi connectivity index (χ0v) is 7.59. The Morgan fingerprint density at radius 2 is 2.00 bits per heavy atom. The molecule has 0 atom stereocenters. The van der Waals surface area contributed by atoms with Crippen molar-refractivity contribution in [3.63, 3.8) is 0 Å². The molecule has 0 bridgehead atoms. The number of rotatable bonds is 3. The highest BCUT2D eigenvalue weighted by atomic mass is 35.5. The van der Waals surface area contributed by atoms with Crippen LogP contribution in [0.2, 0.25) is 0 Å². The van der Waals surface area contributed by atoms with Crippen molar-refractivity contribution < 1.29 is 0 Å². The number of hydrogen-bond donors (Lipinski definition) is 0. The largest absolute Gasteiger partial charge is 0.122 e. The first-order valence-corrected chi connectivity index (χ1v) is 4.34. The Bertz CT molecular complexity index is 272. The molecule has 0 fully saturated rings. The molecule has 0 N–H and O–H groups in total. The molecule has 12 heavy (non-hydrogen) atoms. The van der Waals surface area contributed by atoms with E-state index >= 15 is 0 Å². The van der Waals surface area contributed by atoms with Gasteiger partial charge in [0.05, 0.1) is 0 Å². The van der Waals surface area contributed by atoms with E-state index in [4.69, 9.17) is 11.6 Å². The van der Waals surface area contributed by atoms with Gasteiger partial charge < -0.3 is 0 Å². The fraction of sp³-hybridized carbons (Fsp3) is 0.0909. The lowest BCUT2D eigenvalue weighted by molar-refractivity contribution is 1.56. The van der Waals surface area contributed by atoms with Gasteiger partial charge in [0.25, 0.3) is 0 Å². The van der Waals surface area contributed by atoms with Crippen molar-refractivity contribution in [1.29, 1.82) is 0 Å². The van der Waals surface area contributed by atoms with Gasteiger partial charge in [-0.3, -0.25) is 0 Å². The SMILES string of the molecule is C=CC(=Cc1ccccc1)CCl. The van der Waals surface area contributed by atoms with Crippen LogP contribution < -0.4 is 0 Å². The Balaban J connectivity index is 2.86. The van der Waals surface area contributed by atoms with Gasteiger partial charge in [0.15, 0.2) is 0 Å². The minimum absolute atomic E-state index is 0.512. The van der Waals surface area contributed by atoms with Crippen LogP contribution in [-0.2, 0) is 0 Å². The summed E-state index contributed by atoms with van der Waals surface area (Å²) in [5, 5.41) is 0. The molecule has 0 aliphatic rings. The van der Waals surface area contributed by atoms with Crippen LogP contribution in [0.1, 0.15) is 5.56 Å². The van der Waals surface area contributed by atoms with Gasteiger partial charge in [-0.05, 0) is 11.1 Å². The molecule has 0 aliphatic heterocycles. The van der Waals surface area contributed by atoms with Crippen LogP contribution in [0.5, 0.6) is 0 Å². The zero-order chi connectivity index (χ0) is 8.81. The highest BCUT2D eigenvalue weighted by Crippen LogP contribution is 2.08. The molecule has 1 aromatic carbocycles. The van der Waals surface area contributed by atoms with E-state index in [9.17, 15) is 0 Å². The van der Waals surface area contributed by atoms with Gasteiger partial charge in [0, 0.05) is 5.88 Å². The third-order valence-corrected chi connectivity index (χ3v) is 1.88. The van der Waals surface area contributed by atoms with Crippen LogP contribution >= 0.6 is 11.6 Å². The summed E-state index contributed by atoms with van der Waals surface area (Å²) in [5.74, 6) is 0.512. The molecular formula is C11H11Cl. The second kappa shape index (κ2) is 4.78. The number of allylic oxidation sites excluding steroid dienone is 2. The summed E-state index contributed by atoms with van der Waals surface area (Å²) in [6.45, 7) is 3.68. The maximum Gasteiger partial charge on any atom is 0.0474 e. The van der Waals surface area contributed by atoms with Gasteiger partial charge in [-0.2, -0.15) is 0 Å². The molecule has 0 saturated heterocycles. The van der Waals surface area contributed by atoms with Crippen LogP contribution in [0.15, 0.2) is 48.6 Å². The van der Waals surface area contributed by atoms with Gasteiger partial charge in [-0.1, -0.05) is 49.1 Å². The highest BCUT2D eigenvalue weighted by Gasteiger charge is 1.89. The molecule has 0 radical (unpaired) electrons. The van der Waals surface area contributed by atoms with E-state index in [0.29, 0.717) is 5.88 Å². The first-order chi connectivity index (χ1) is 5.86. The lowest BCUT2D eigenvalue weighted by Gasteiger charge is -1.95. The van der Waals surface area contributed by atoms with Gasteiger partial charge in [-0.25, -0.2) is 0 Å². The average Bonchev–Trinajstić information content (AvgIpc) is 2.16. The monoisotopic (exact) mass is 178 g/mol. The van der Waals surface area contributed by atoms with Gasteiger partial charge >= 0.3 is 0 Å². The summed E-state index contributed by atoms with van der Waals surface area (Å²) in [5.41, 5.74) is 2.20. The van der Waals surface area contributed by atoms with Crippen LogP contribution in [0.3, 0.4) is 0 Å². The van der Waals surface area contributed by atoms with Crippen LogP contribution in [0, 0.1) is 0 Å². The van der Waals surface area contributed by atoms with Gasteiger partial charge in [0.2, 0.25) is 0 Å². The van der Waals surface area contributed by atoms with Crippen molar-refractivity contribution >= 4 is 17.7 Å². The summed E-state index contributed by atoms with van der Waals surface area (Å²) in [4.78, 5) is 0. The summed E-state index contributed by atoms with van der Waals surface area (Å²) >= 11 is 5.68. The molecule has 0 aromatic heterocycles. The Morgan fingerprint density at radius 3 is 2.50 bits per heavy atom. The van der Waals surface area contributed by atoms with E-state index in [0.717, 1.165) is 11.1 Å². The van der Waals surface area contributed by atoms with Gasteiger partial charge in [-0.15, -0.1) is 11.6 Å². The Hall–Kier alpha value is -1.01. The quantitative estimate of drug-likeness (QED) is 0.491. The third kappa shape index (κ3) is 2.55. The fourth-order valence-electron chi connectivity index (χ4n) is 0.915. The molecule has 62 valence electrons. The maximum atomic E-state index is 5.68. The summed E-state index contributed by atoms with van der Waals surface area (Å²) in [6.07, 6.45) is 3.81. The Labute approximate surface area is 78.2 Å². The first kappa shape index (κ1) is 9.08. The average molecular weight is 179 g/mol. The lowest BCUT2D eigenvalue weighted by atomic mass is 10.1. The number of hydrogen-bond acceptors (Lipinski definition) is 0. The standard InChI is InChI=1S/C11H11Cl/c1-2-10(9-12)8-11-6-4-3-5-7-11/h2-8H,1,9H2. The molecule has 0 heterocycles. The summed E-state index contributed by atoms with van der Waals surface area (Å²) in [7, 11) is 0. The highest BCUT2D eigenvalue weighted by molar-refractivity contribution is 6.20.